The molecule has 0 atom stereocenters. The van der Waals surface area contributed by atoms with Gasteiger partial charge in [0.05, 0.1) is 24.4 Å². The van der Waals surface area contributed by atoms with Crippen molar-refractivity contribution < 1.29 is 23.9 Å². The Kier molecular flexibility index (Phi) is 9.86. The van der Waals surface area contributed by atoms with E-state index in [1.807, 2.05) is 6.07 Å². The summed E-state index contributed by atoms with van der Waals surface area (Å²) in [6, 6.07) is 13.7. The second-order valence-electron chi connectivity index (χ2n) is 6.46. The molecule has 7 nitrogen and oxygen atoms in total. The number of ether oxygens (including phenoxy) is 2. The van der Waals surface area contributed by atoms with E-state index in [0.717, 1.165) is 23.7 Å². The molecule has 0 aliphatic rings. The van der Waals surface area contributed by atoms with Gasteiger partial charge in [-0.25, -0.2) is 4.79 Å². The monoisotopic (exact) mass is 476 g/mol. The summed E-state index contributed by atoms with van der Waals surface area (Å²) in [5, 5.41) is 5.07. The van der Waals surface area contributed by atoms with Gasteiger partial charge in [0.25, 0.3) is 5.91 Å². The zero-order chi connectivity index (χ0) is 21.8. The van der Waals surface area contributed by atoms with E-state index in [4.69, 9.17) is 9.47 Å². The second-order valence-corrected chi connectivity index (χ2v) is 7.32. The fourth-order valence-corrected chi connectivity index (χ4v) is 2.81. The van der Waals surface area contributed by atoms with Crippen LogP contribution < -0.4 is 15.4 Å². The van der Waals surface area contributed by atoms with Crippen LogP contribution in [0.1, 0.15) is 36.5 Å². The zero-order valence-electron chi connectivity index (χ0n) is 16.8. The van der Waals surface area contributed by atoms with E-state index in [0.29, 0.717) is 23.6 Å². The largest absolute Gasteiger partial charge is 0.494 e. The molecule has 2 aromatic rings. The minimum atomic E-state index is -0.625. The lowest BCUT2D eigenvalue weighted by molar-refractivity contribution is -0.126. The Bertz CT molecular complexity index is 855. The smallest absolute Gasteiger partial charge is 0.338 e. The summed E-state index contributed by atoms with van der Waals surface area (Å²) in [7, 11) is 0. The maximum Gasteiger partial charge on any atom is 0.338 e. The first kappa shape index (κ1) is 23.4. The fraction of sp³-hybridized carbons (Fsp3) is 0.318. The average molecular weight is 477 g/mol. The summed E-state index contributed by atoms with van der Waals surface area (Å²) in [6.45, 7) is 2.05. The van der Waals surface area contributed by atoms with E-state index < -0.39 is 24.4 Å². The SMILES string of the molecule is CCCCCOc1ccc(C(=O)OCC(=O)NCC(=O)Nc2ccccc2Br)cc1. The third kappa shape index (κ3) is 8.24. The minimum absolute atomic E-state index is 0.234. The molecule has 0 aromatic heterocycles. The Hall–Kier alpha value is -2.87. The van der Waals surface area contributed by atoms with Gasteiger partial charge in [0.2, 0.25) is 5.91 Å². The zero-order valence-corrected chi connectivity index (χ0v) is 18.4. The maximum atomic E-state index is 12.0. The normalized spacial score (nSPS) is 10.2. The molecule has 2 N–H and O–H groups in total. The van der Waals surface area contributed by atoms with E-state index in [-0.39, 0.29) is 6.54 Å². The molecule has 0 saturated heterocycles. The molecule has 30 heavy (non-hydrogen) atoms. The maximum absolute atomic E-state index is 12.0. The first-order chi connectivity index (χ1) is 14.5. The third-order valence-electron chi connectivity index (χ3n) is 4.04. The van der Waals surface area contributed by atoms with Crippen molar-refractivity contribution in [2.24, 2.45) is 0 Å². The third-order valence-corrected chi connectivity index (χ3v) is 4.73. The van der Waals surface area contributed by atoms with Crippen LogP contribution >= 0.6 is 15.9 Å². The van der Waals surface area contributed by atoms with Crippen molar-refractivity contribution >= 4 is 39.4 Å². The van der Waals surface area contributed by atoms with Gasteiger partial charge in [-0.1, -0.05) is 31.9 Å². The number of benzene rings is 2. The van der Waals surface area contributed by atoms with Gasteiger partial charge in [-0.3, -0.25) is 9.59 Å². The highest BCUT2D eigenvalue weighted by atomic mass is 79.9. The molecular weight excluding hydrogens is 452 g/mol. The molecule has 2 aromatic carbocycles. The highest BCUT2D eigenvalue weighted by Gasteiger charge is 2.12. The predicted octanol–water partition coefficient (Wildman–Crippen LogP) is 3.93. The summed E-state index contributed by atoms with van der Waals surface area (Å²) < 4.78 is 11.3. The minimum Gasteiger partial charge on any atom is -0.494 e. The molecule has 0 aliphatic heterocycles. The van der Waals surface area contributed by atoms with Crippen LogP contribution in [0.15, 0.2) is 53.0 Å². The Labute approximate surface area is 184 Å². The van der Waals surface area contributed by atoms with Crippen LogP contribution in [0, 0.1) is 0 Å². The van der Waals surface area contributed by atoms with Crippen molar-refractivity contribution in [2.45, 2.75) is 26.2 Å². The molecule has 0 unspecified atom stereocenters. The molecule has 0 saturated carbocycles. The molecule has 2 amide bonds. The first-order valence-corrected chi connectivity index (χ1v) is 10.5. The van der Waals surface area contributed by atoms with Crippen LogP contribution in [0.3, 0.4) is 0 Å². The lowest BCUT2D eigenvalue weighted by atomic mass is 10.2. The number of amides is 2. The number of halogens is 1. The number of nitrogens with one attached hydrogen (secondary N) is 2. The molecule has 2 rings (SSSR count). The molecule has 0 spiro atoms. The van der Waals surface area contributed by atoms with E-state index in [1.54, 1.807) is 42.5 Å². The number of anilines is 1. The van der Waals surface area contributed by atoms with Gasteiger partial charge < -0.3 is 20.1 Å². The number of unbranched alkanes of at least 4 members (excludes halogenated alkanes) is 2. The van der Waals surface area contributed by atoms with Crippen molar-refractivity contribution in [3.05, 3.63) is 58.6 Å². The van der Waals surface area contributed by atoms with Gasteiger partial charge in [-0.15, -0.1) is 0 Å². The number of esters is 1. The molecule has 0 aliphatic carbocycles. The van der Waals surface area contributed by atoms with E-state index in [1.165, 1.54) is 0 Å². The summed E-state index contributed by atoms with van der Waals surface area (Å²) in [4.78, 5) is 35.8. The number of para-hydroxylation sites is 1. The quantitative estimate of drug-likeness (QED) is 0.378. The summed E-state index contributed by atoms with van der Waals surface area (Å²) >= 11 is 3.32. The number of carbonyl (C=O) groups is 3. The summed E-state index contributed by atoms with van der Waals surface area (Å²) in [5.41, 5.74) is 0.913. The van der Waals surface area contributed by atoms with Gasteiger partial charge in [0, 0.05) is 4.47 Å². The number of carbonyl (C=O) groups excluding carboxylic acids is 3. The van der Waals surface area contributed by atoms with Crippen molar-refractivity contribution in [3.8, 4) is 5.75 Å². The van der Waals surface area contributed by atoms with Crippen molar-refractivity contribution in [1.82, 2.24) is 5.32 Å². The van der Waals surface area contributed by atoms with Crippen molar-refractivity contribution in [3.63, 3.8) is 0 Å². The van der Waals surface area contributed by atoms with Gasteiger partial charge in [0.1, 0.15) is 5.75 Å². The Morgan fingerprint density at radius 2 is 1.70 bits per heavy atom. The number of rotatable bonds is 11. The standard InChI is InChI=1S/C22H25BrN2O5/c1-2-3-6-13-29-17-11-9-16(10-12-17)22(28)30-15-21(27)24-14-20(26)25-19-8-5-4-7-18(19)23/h4-5,7-12H,2-3,6,13-15H2,1H3,(H,24,27)(H,25,26). The van der Waals surface area contributed by atoms with Crippen molar-refractivity contribution in [1.29, 1.82) is 0 Å². The van der Waals surface area contributed by atoms with E-state index >= 15 is 0 Å². The van der Waals surface area contributed by atoms with Crippen molar-refractivity contribution in [2.75, 3.05) is 25.1 Å². The molecular formula is C22H25BrN2O5. The number of hydrogen-bond acceptors (Lipinski definition) is 5. The van der Waals surface area contributed by atoms with Gasteiger partial charge in [-0.05, 0) is 58.7 Å². The van der Waals surface area contributed by atoms with Crippen LogP contribution in [-0.4, -0.2) is 37.5 Å². The molecule has 8 heteroatoms. The molecule has 0 bridgehead atoms. The van der Waals surface area contributed by atoms with Gasteiger partial charge in [0.15, 0.2) is 6.61 Å². The van der Waals surface area contributed by atoms with Gasteiger partial charge >= 0.3 is 5.97 Å². The van der Waals surface area contributed by atoms with Gasteiger partial charge in [-0.2, -0.15) is 0 Å². The predicted molar refractivity (Wildman–Crippen MR) is 118 cm³/mol. The van der Waals surface area contributed by atoms with Crippen LogP contribution in [0.2, 0.25) is 0 Å². The Balaban J connectivity index is 1.69. The van der Waals surface area contributed by atoms with E-state index in [2.05, 4.69) is 33.5 Å². The molecule has 0 fully saturated rings. The van der Waals surface area contributed by atoms with Crippen LogP contribution in [0.5, 0.6) is 5.75 Å². The fourth-order valence-electron chi connectivity index (χ4n) is 2.43. The lowest BCUT2D eigenvalue weighted by Crippen LogP contribution is -2.35. The molecule has 0 radical (unpaired) electrons. The highest BCUT2D eigenvalue weighted by Crippen LogP contribution is 2.20. The highest BCUT2D eigenvalue weighted by molar-refractivity contribution is 9.10. The second kappa shape index (κ2) is 12.6. The summed E-state index contributed by atoms with van der Waals surface area (Å²) in [5.74, 6) is -0.908. The lowest BCUT2D eigenvalue weighted by Gasteiger charge is -2.09. The van der Waals surface area contributed by atoms with Crippen LogP contribution in [0.4, 0.5) is 5.69 Å². The summed E-state index contributed by atoms with van der Waals surface area (Å²) in [6.07, 6.45) is 3.21. The topological polar surface area (TPSA) is 93.7 Å². The Morgan fingerprint density at radius 3 is 2.40 bits per heavy atom. The van der Waals surface area contributed by atoms with Crippen LogP contribution in [0.25, 0.3) is 0 Å². The average Bonchev–Trinajstić information content (AvgIpc) is 2.75. The molecule has 0 heterocycles. The molecule has 160 valence electrons. The first-order valence-electron chi connectivity index (χ1n) is 9.70. The Morgan fingerprint density at radius 1 is 0.967 bits per heavy atom. The van der Waals surface area contributed by atoms with E-state index in [9.17, 15) is 14.4 Å². The number of hydrogen-bond donors (Lipinski definition) is 2. The van der Waals surface area contributed by atoms with Crippen LogP contribution in [-0.2, 0) is 14.3 Å².